The summed E-state index contributed by atoms with van der Waals surface area (Å²) in [7, 11) is -5.14. The molecular formula is C43H82NO12P. The van der Waals surface area contributed by atoms with Crippen molar-refractivity contribution in [3.8, 4) is 0 Å². The number of allylic oxidation sites excluding steroid dienone is 3. The first kappa shape index (κ1) is 53.8. The third kappa shape index (κ3) is 25.9. The predicted octanol–water partition coefficient (Wildman–Crippen LogP) is 6.81. The lowest BCUT2D eigenvalue weighted by Gasteiger charge is -2.41. The molecule has 1 fully saturated rings. The van der Waals surface area contributed by atoms with Crippen LogP contribution in [0.25, 0.3) is 0 Å². The van der Waals surface area contributed by atoms with Crippen LogP contribution >= 0.6 is 7.82 Å². The molecule has 0 aromatic rings. The molecule has 0 radical (unpaired) electrons. The zero-order valence-electron chi connectivity index (χ0n) is 35.3. The Morgan fingerprint density at radius 1 is 0.614 bits per heavy atom. The molecule has 1 rings (SSSR count). The maximum absolute atomic E-state index is 12.9. The quantitative estimate of drug-likeness (QED) is 0.0180. The molecule has 1 aliphatic rings. The molecule has 0 aromatic carbocycles. The molecule has 8 atom stereocenters. The third-order valence-electron chi connectivity index (χ3n) is 10.8. The van der Waals surface area contributed by atoms with Crippen LogP contribution in [0.2, 0.25) is 0 Å². The summed E-state index contributed by atoms with van der Waals surface area (Å²) in [6, 6.07) is -1.25. The monoisotopic (exact) mass is 836 g/mol. The van der Waals surface area contributed by atoms with Gasteiger partial charge >= 0.3 is 7.82 Å². The van der Waals surface area contributed by atoms with E-state index in [0.29, 0.717) is 12.8 Å². The van der Waals surface area contributed by atoms with E-state index in [9.17, 15) is 50.0 Å². The van der Waals surface area contributed by atoms with Gasteiger partial charge in [-0.1, -0.05) is 173 Å². The average molecular weight is 836 g/mol. The van der Waals surface area contributed by atoms with Crippen LogP contribution in [0.4, 0.5) is 0 Å². The minimum Gasteiger partial charge on any atom is -0.393 e. The Kier molecular flexibility index (Phi) is 31.6. The Labute approximate surface area is 344 Å². The summed E-state index contributed by atoms with van der Waals surface area (Å²) in [6.45, 7) is 3.63. The van der Waals surface area contributed by atoms with E-state index in [2.05, 4.69) is 25.2 Å². The van der Waals surface area contributed by atoms with Crippen molar-refractivity contribution in [1.82, 2.24) is 5.32 Å². The molecule has 13 nitrogen and oxygen atoms in total. The second kappa shape index (κ2) is 33.5. The fraction of sp³-hybridized carbons (Fsp3) is 0.884. The van der Waals surface area contributed by atoms with E-state index in [1.165, 1.54) is 102 Å². The summed E-state index contributed by atoms with van der Waals surface area (Å²) in [5.74, 6) is -0.604. The molecule has 9 N–H and O–H groups in total. The van der Waals surface area contributed by atoms with Crippen LogP contribution in [0.5, 0.6) is 0 Å². The lowest BCUT2D eigenvalue weighted by Crippen LogP contribution is -2.64. The Balaban J connectivity index is 2.44. The molecule has 1 saturated carbocycles. The van der Waals surface area contributed by atoms with Crippen LogP contribution in [0, 0.1) is 0 Å². The number of rotatable bonds is 36. The molecule has 57 heavy (non-hydrogen) atoms. The van der Waals surface area contributed by atoms with E-state index in [1.54, 1.807) is 6.08 Å². The molecule has 336 valence electrons. The van der Waals surface area contributed by atoms with Crippen LogP contribution in [0.3, 0.4) is 0 Å². The summed E-state index contributed by atoms with van der Waals surface area (Å²) >= 11 is 0. The number of hydrogen-bond donors (Lipinski definition) is 9. The van der Waals surface area contributed by atoms with Crippen molar-refractivity contribution in [1.29, 1.82) is 0 Å². The number of amides is 1. The average Bonchev–Trinajstić information content (AvgIpc) is 3.18. The van der Waals surface area contributed by atoms with Crippen LogP contribution in [0.15, 0.2) is 24.3 Å². The van der Waals surface area contributed by atoms with E-state index in [-0.39, 0.29) is 6.42 Å². The Morgan fingerprint density at radius 2 is 1.04 bits per heavy atom. The maximum atomic E-state index is 12.9. The Bertz CT molecular complexity index is 1080. The zero-order valence-corrected chi connectivity index (χ0v) is 36.1. The predicted molar refractivity (Wildman–Crippen MR) is 224 cm³/mol. The minimum atomic E-state index is -5.14. The number of carbonyl (C=O) groups excluding carboxylic acids is 1. The Morgan fingerprint density at radius 3 is 1.53 bits per heavy atom. The molecule has 1 amide bonds. The standard InChI is InChI=1S/C43H82NO12P/c1-3-5-7-9-11-13-14-15-16-17-18-19-20-21-22-23-24-26-28-30-34(45)32-37(47)44-35(36(46)31-29-27-25-12-10-8-6-4-2)33-55-57(53,54)56-43-41(51)39(49)38(48)40(50)42(43)52/h10,12,29,31,34-36,38-43,45-46,48-52H,3-9,11,13-28,30,32-33H2,1-2H3,(H,44,47)(H,53,54)/b12-10+,31-29+. The van der Waals surface area contributed by atoms with Crippen LogP contribution in [0.1, 0.15) is 181 Å². The summed E-state index contributed by atoms with van der Waals surface area (Å²) in [4.78, 5) is 23.3. The molecule has 1 aliphatic carbocycles. The van der Waals surface area contributed by atoms with Gasteiger partial charge in [-0.2, -0.15) is 0 Å². The molecule has 14 heteroatoms. The van der Waals surface area contributed by atoms with E-state index in [4.69, 9.17) is 9.05 Å². The number of aliphatic hydroxyl groups excluding tert-OH is 7. The number of aliphatic hydroxyl groups is 7. The van der Waals surface area contributed by atoms with E-state index < -0.39 is 75.2 Å². The topological polar surface area (TPSA) is 226 Å². The molecule has 0 heterocycles. The first-order valence-electron chi connectivity index (χ1n) is 22.4. The largest absolute Gasteiger partial charge is 0.472 e. The number of hydrogen-bond acceptors (Lipinski definition) is 11. The summed E-state index contributed by atoms with van der Waals surface area (Å²) in [5.41, 5.74) is 0. The minimum absolute atomic E-state index is 0.250. The van der Waals surface area contributed by atoms with Gasteiger partial charge in [0.05, 0.1) is 31.3 Å². The second-order valence-electron chi connectivity index (χ2n) is 16.1. The third-order valence-corrected chi connectivity index (χ3v) is 11.8. The lowest BCUT2D eigenvalue weighted by atomic mass is 9.85. The number of nitrogens with one attached hydrogen (secondary N) is 1. The van der Waals surface area contributed by atoms with Crippen LogP contribution < -0.4 is 5.32 Å². The zero-order chi connectivity index (χ0) is 42.3. The van der Waals surface area contributed by atoms with Gasteiger partial charge in [0.25, 0.3) is 0 Å². The molecule has 0 spiro atoms. The van der Waals surface area contributed by atoms with Gasteiger partial charge in [0, 0.05) is 0 Å². The van der Waals surface area contributed by atoms with E-state index in [1.807, 2.05) is 6.08 Å². The van der Waals surface area contributed by atoms with Crippen molar-refractivity contribution in [3.63, 3.8) is 0 Å². The highest BCUT2D eigenvalue weighted by Crippen LogP contribution is 2.47. The molecule has 0 bridgehead atoms. The van der Waals surface area contributed by atoms with Gasteiger partial charge in [-0.05, 0) is 25.7 Å². The van der Waals surface area contributed by atoms with Gasteiger partial charge in [0.1, 0.15) is 36.6 Å². The number of unbranched alkanes of at least 4 members (excludes halogenated alkanes) is 21. The summed E-state index contributed by atoms with van der Waals surface area (Å²) < 4.78 is 22.7. The highest BCUT2D eigenvalue weighted by molar-refractivity contribution is 7.47. The van der Waals surface area contributed by atoms with Gasteiger partial charge in [0.15, 0.2) is 0 Å². The van der Waals surface area contributed by atoms with Crippen molar-refractivity contribution >= 4 is 13.7 Å². The van der Waals surface area contributed by atoms with Crippen molar-refractivity contribution in [2.45, 2.75) is 236 Å². The normalized spacial score (nSPS) is 24.2. The van der Waals surface area contributed by atoms with Crippen LogP contribution in [-0.4, -0.2) is 108 Å². The maximum Gasteiger partial charge on any atom is 0.472 e. The van der Waals surface area contributed by atoms with Gasteiger partial charge in [-0.3, -0.25) is 13.8 Å². The Hall–Kier alpha value is -1.22. The molecular weight excluding hydrogens is 753 g/mol. The highest BCUT2D eigenvalue weighted by Gasteiger charge is 2.51. The number of phosphoric ester groups is 1. The SMILES string of the molecule is CCCC/C=C/CC/C=C/C(O)C(COP(=O)(O)OC1C(O)C(O)C(O)C(O)C1O)NC(=O)CC(O)CCCCCCCCCCCCCCCCCCCCC. The van der Waals surface area contributed by atoms with Gasteiger partial charge in [-0.25, -0.2) is 4.57 Å². The highest BCUT2D eigenvalue weighted by atomic mass is 31.2. The lowest BCUT2D eigenvalue weighted by molar-refractivity contribution is -0.220. The van der Waals surface area contributed by atoms with Crippen molar-refractivity contribution in [3.05, 3.63) is 24.3 Å². The van der Waals surface area contributed by atoms with Gasteiger partial charge in [-0.15, -0.1) is 0 Å². The van der Waals surface area contributed by atoms with Gasteiger partial charge < -0.3 is 46.0 Å². The number of carbonyl (C=O) groups is 1. The molecule has 0 aromatic heterocycles. The fourth-order valence-electron chi connectivity index (χ4n) is 7.07. The van der Waals surface area contributed by atoms with Crippen molar-refractivity contribution in [2.24, 2.45) is 0 Å². The fourth-order valence-corrected chi connectivity index (χ4v) is 8.03. The first-order chi connectivity index (χ1) is 27.3. The van der Waals surface area contributed by atoms with Crippen LogP contribution in [-0.2, 0) is 18.4 Å². The van der Waals surface area contributed by atoms with Crippen molar-refractivity contribution in [2.75, 3.05) is 6.61 Å². The second-order valence-corrected chi connectivity index (χ2v) is 17.5. The molecule has 8 unspecified atom stereocenters. The van der Waals surface area contributed by atoms with Gasteiger partial charge in [0.2, 0.25) is 5.91 Å². The first-order valence-corrected chi connectivity index (χ1v) is 23.9. The summed E-state index contributed by atoms with van der Waals surface area (Å²) in [6.07, 6.45) is 21.7. The summed E-state index contributed by atoms with van der Waals surface area (Å²) in [5, 5.41) is 74.1. The van der Waals surface area contributed by atoms with Crippen molar-refractivity contribution < 1.29 is 59.0 Å². The van der Waals surface area contributed by atoms with E-state index >= 15 is 0 Å². The molecule has 0 aliphatic heterocycles. The smallest absolute Gasteiger partial charge is 0.393 e. The van der Waals surface area contributed by atoms with E-state index in [0.717, 1.165) is 51.4 Å². The number of phosphoric acid groups is 1. The molecule has 0 saturated heterocycles.